The fraction of sp³-hybridized carbons (Fsp3) is 0.320. The van der Waals surface area contributed by atoms with E-state index in [4.69, 9.17) is 4.74 Å². The number of fused-ring (bicyclic) bond motifs is 1. The molecule has 8 nitrogen and oxygen atoms in total. The van der Waals surface area contributed by atoms with E-state index in [9.17, 15) is 19.6 Å². The molecule has 0 aliphatic rings. The van der Waals surface area contributed by atoms with E-state index in [-0.39, 0.29) is 11.3 Å². The highest BCUT2D eigenvalue weighted by Gasteiger charge is 2.24. The predicted molar refractivity (Wildman–Crippen MR) is 125 cm³/mol. The minimum Gasteiger partial charge on any atom is -0.448 e. The molecule has 1 heterocycles. The molecular formula is C25H26N4O4. The number of nitriles is 1. The first-order valence-corrected chi connectivity index (χ1v) is 11.0. The summed E-state index contributed by atoms with van der Waals surface area (Å²) in [4.78, 5) is 38.3. The van der Waals surface area contributed by atoms with Gasteiger partial charge in [0.2, 0.25) is 0 Å². The second-order valence-electron chi connectivity index (χ2n) is 7.68. The van der Waals surface area contributed by atoms with Crippen LogP contribution in [0.15, 0.2) is 53.3 Å². The van der Waals surface area contributed by atoms with E-state index in [1.165, 1.54) is 11.6 Å². The Morgan fingerprint density at radius 1 is 1.09 bits per heavy atom. The van der Waals surface area contributed by atoms with Gasteiger partial charge in [-0.05, 0) is 31.5 Å². The number of hydrogen-bond acceptors (Lipinski definition) is 6. The van der Waals surface area contributed by atoms with Crippen LogP contribution in [0, 0.1) is 11.3 Å². The summed E-state index contributed by atoms with van der Waals surface area (Å²) >= 11 is 0. The van der Waals surface area contributed by atoms with Gasteiger partial charge in [0, 0.05) is 11.9 Å². The zero-order valence-electron chi connectivity index (χ0n) is 18.7. The number of unbranched alkanes of at least 4 members (excludes halogenated alkanes) is 3. The summed E-state index contributed by atoms with van der Waals surface area (Å²) in [5.41, 5.74) is 0.347. The number of carbonyl (C=O) groups is 2. The van der Waals surface area contributed by atoms with Gasteiger partial charge >= 0.3 is 5.97 Å². The Kier molecular flexibility index (Phi) is 7.92. The number of para-hydroxylation sites is 1. The maximum Gasteiger partial charge on any atom is 0.360 e. The van der Waals surface area contributed by atoms with Crippen LogP contribution in [0.4, 0.5) is 5.69 Å². The van der Waals surface area contributed by atoms with Crippen LogP contribution in [0.2, 0.25) is 0 Å². The van der Waals surface area contributed by atoms with Crippen LogP contribution < -0.4 is 10.9 Å². The topological polar surface area (TPSA) is 114 Å². The van der Waals surface area contributed by atoms with Gasteiger partial charge in [-0.2, -0.15) is 10.4 Å². The average molecular weight is 447 g/mol. The van der Waals surface area contributed by atoms with Crippen LogP contribution in [0.3, 0.4) is 0 Å². The Balaban J connectivity index is 1.82. The lowest BCUT2D eigenvalue weighted by Crippen LogP contribution is -2.32. The number of esters is 1. The van der Waals surface area contributed by atoms with Crippen LogP contribution in [0.1, 0.15) is 55.6 Å². The van der Waals surface area contributed by atoms with Crippen molar-refractivity contribution in [2.75, 3.05) is 5.32 Å². The largest absolute Gasteiger partial charge is 0.448 e. The Morgan fingerprint density at radius 2 is 1.79 bits per heavy atom. The summed E-state index contributed by atoms with van der Waals surface area (Å²) < 4.78 is 6.67. The minimum absolute atomic E-state index is 0.0160. The quantitative estimate of drug-likeness (QED) is 0.392. The van der Waals surface area contributed by atoms with E-state index < -0.39 is 18.0 Å². The van der Waals surface area contributed by atoms with E-state index >= 15 is 0 Å². The van der Waals surface area contributed by atoms with Gasteiger partial charge in [-0.15, -0.1) is 0 Å². The molecule has 0 fully saturated rings. The molecule has 1 atom stereocenters. The number of rotatable bonds is 9. The number of nitrogens with zero attached hydrogens (tertiary/aromatic N) is 3. The Labute approximate surface area is 191 Å². The molecule has 3 rings (SSSR count). The Morgan fingerprint density at radius 3 is 2.52 bits per heavy atom. The number of carbonyl (C=O) groups excluding carboxylic acids is 2. The predicted octanol–water partition coefficient (Wildman–Crippen LogP) is 4.03. The number of ether oxygens (including phenoxy) is 1. The zero-order valence-corrected chi connectivity index (χ0v) is 18.7. The second-order valence-corrected chi connectivity index (χ2v) is 7.68. The lowest BCUT2D eigenvalue weighted by atomic mass is 10.1. The van der Waals surface area contributed by atoms with E-state index in [1.54, 1.807) is 48.5 Å². The van der Waals surface area contributed by atoms with Crippen LogP contribution in [-0.4, -0.2) is 27.8 Å². The molecule has 1 aromatic heterocycles. The van der Waals surface area contributed by atoms with Gasteiger partial charge in [0.25, 0.3) is 11.5 Å². The maximum absolute atomic E-state index is 13.0. The minimum atomic E-state index is -1.14. The van der Waals surface area contributed by atoms with Crippen molar-refractivity contribution >= 4 is 28.3 Å². The highest BCUT2D eigenvalue weighted by Crippen LogP contribution is 2.17. The number of amides is 1. The van der Waals surface area contributed by atoms with Crippen LogP contribution in [0.5, 0.6) is 0 Å². The lowest BCUT2D eigenvalue weighted by molar-refractivity contribution is -0.123. The average Bonchev–Trinajstić information content (AvgIpc) is 2.83. The fourth-order valence-corrected chi connectivity index (χ4v) is 3.42. The molecule has 170 valence electrons. The van der Waals surface area contributed by atoms with Gasteiger partial charge < -0.3 is 10.1 Å². The van der Waals surface area contributed by atoms with Gasteiger partial charge in [0.15, 0.2) is 11.8 Å². The van der Waals surface area contributed by atoms with Gasteiger partial charge in [0.1, 0.15) is 6.07 Å². The summed E-state index contributed by atoms with van der Waals surface area (Å²) in [6, 6.07) is 15.3. The monoisotopic (exact) mass is 446 g/mol. The van der Waals surface area contributed by atoms with Crippen molar-refractivity contribution in [1.82, 2.24) is 9.78 Å². The number of nitrogens with one attached hydrogen (secondary N) is 1. The molecule has 1 amide bonds. The zero-order chi connectivity index (χ0) is 23.8. The summed E-state index contributed by atoms with van der Waals surface area (Å²) in [6.45, 7) is 3.93. The van der Waals surface area contributed by atoms with Crippen LogP contribution >= 0.6 is 0 Å². The third-order valence-corrected chi connectivity index (χ3v) is 5.24. The van der Waals surface area contributed by atoms with Gasteiger partial charge in [-0.1, -0.05) is 56.5 Å². The smallest absolute Gasteiger partial charge is 0.360 e. The molecule has 0 aliphatic heterocycles. The first-order valence-electron chi connectivity index (χ1n) is 11.0. The molecule has 8 heteroatoms. The molecule has 3 aromatic rings. The molecule has 33 heavy (non-hydrogen) atoms. The van der Waals surface area contributed by atoms with Gasteiger partial charge in [-0.3, -0.25) is 9.59 Å². The normalized spacial score (nSPS) is 11.5. The Hall–Kier alpha value is -3.99. The highest BCUT2D eigenvalue weighted by molar-refractivity contribution is 6.03. The van der Waals surface area contributed by atoms with Crippen molar-refractivity contribution in [1.29, 1.82) is 5.26 Å². The van der Waals surface area contributed by atoms with Crippen molar-refractivity contribution < 1.29 is 14.3 Å². The van der Waals surface area contributed by atoms with Crippen LogP contribution in [0.25, 0.3) is 10.8 Å². The molecule has 0 saturated carbocycles. The third-order valence-electron chi connectivity index (χ3n) is 5.24. The van der Waals surface area contributed by atoms with Gasteiger partial charge in [0.05, 0.1) is 16.6 Å². The van der Waals surface area contributed by atoms with Crippen molar-refractivity contribution in [3.05, 3.63) is 70.1 Å². The number of aryl methyl sites for hydroxylation is 1. The van der Waals surface area contributed by atoms with Gasteiger partial charge in [-0.25, -0.2) is 9.48 Å². The molecule has 2 aromatic carbocycles. The SMILES string of the molecule is CCCCCCn1nc(C(=O)OC(C)C(=O)Nc2ccccc2C#N)c2ccccc2c1=O. The van der Waals surface area contributed by atoms with E-state index in [2.05, 4.69) is 17.3 Å². The molecule has 0 spiro atoms. The maximum atomic E-state index is 13.0. The standard InChI is InChI=1S/C25H26N4O4/c1-3-4-5-10-15-29-24(31)20-13-8-7-12-19(20)22(28-29)25(32)33-17(2)23(30)27-21-14-9-6-11-18(21)16-26/h6-9,11-14,17H,3-5,10,15H2,1-2H3,(H,27,30). The van der Waals surface area contributed by atoms with Crippen molar-refractivity contribution in [3.8, 4) is 6.07 Å². The molecule has 0 aliphatic carbocycles. The first-order chi connectivity index (χ1) is 16.0. The summed E-state index contributed by atoms with van der Waals surface area (Å²) in [5.74, 6) is -1.38. The lowest BCUT2D eigenvalue weighted by Gasteiger charge is -2.15. The fourth-order valence-electron chi connectivity index (χ4n) is 3.42. The van der Waals surface area contributed by atoms with Crippen LogP contribution in [-0.2, 0) is 16.1 Å². The molecule has 1 N–H and O–H groups in total. The first kappa shape index (κ1) is 23.7. The summed E-state index contributed by atoms with van der Waals surface area (Å²) in [7, 11) is 0. The number of hydrogen-bond donors (Lipinski definition) is 1. The van der Waals surface area contributed by atoms with E-state index in [0.29, 0.717) is 28.6 Å². The molecule has 0 saturated heterocycles. The molecular weight excluding hydrogens is 420 g/mol. The van der Waals surface area contributed by atoms with E-state index in [1.807, 2.05) is 6.07 Å². The summed E-state index contributed by atoms with van der Waals surface area (Å²) in [5, 5.41) is 16.8. The number of benzene rings is 2. The Bertz CT molecular complexity index is 1260. The molecule has 0 bridgehead atoms. The number of anilines is 1. The molecule has 1 unspecified atom stereocenters. The second kappa shape index (κ2) is 11.0. The summed E-state index contributed by atoms with van der Waals surface area (Å²) in [6.07, 6.45) is 2.70. The highest BCUT2D eigenvalue weighted by atomic mass is 16.5. The molecule has 0 radical (unpaired) electrons. The number of aromatic nitrogens is 2. The third kappa shape index (κ3) is 5.63. The van der Waals surface area contributed by atoms with Crippen molar-refractivity contribution in [2.24, 2.45) is 0 Å². The van der Waals surface area contributed by atoms with Crippen molar-refractivity contribution in [2.45, 2.75) is 52.2 Å². The van der Waals surface area contributed by atoms with Crippen molar-refractivity contribution in [3.63, 3.8) is 0 Å². The van der Waals surface area contributed by atoms with E-state index in [0.717, 1.165) is 25.7 Å².